The highest BCUT2D eigenvalue weighted by molar-refractivity contribution is 5.93. The van der Waals surface area contributed by atoms with Crippen LogP contribution in [0.2, 0.25) is 0 Å². The Morgan fingerprint density at radius 1 is 1.07 bits per heavy atom. The van der Waals surface area contributed by atoms with Gasteiger partial charge < -0.3 is 10.1 Å². The molecule has 3 rings (SSSR count). The molecule has 1 aromatic heterocycles. The Balaban J connectivity index is 2.14. The zero-order valence-corrected chi connectivity index (χ0v) is 16.2. The first-order valence-corrected chi connectivity index (χ1v) is 8.98. The van der Waals surface area contributed by atoms with Crippen LogP contribution in [0.25, 0.3) is 11.1 Å². The minimum Gasteiger partial charge on any atom is -0.411 e. The fourth-order valence-electron chi connectivity index (χ4n) is 3.39. The fourth-order valence-corrected chi connectivity index (χ4v) is 3.39. The maximum atomic E-state index is 9.52. The lowest BCUT2D eigenvalue weighted by atomic mass is 9.83. The first-order chi connectivity index (χ1) is 13.0. The van der Waals surface area contributed by atoms with Crippen molar-refractivity contribution in [1.82, 2.24) is 4.98 Å². The van der Waals surface area contributed by atoms with Gasteiger partial charge in [-0.3, -0.25) is 4.98 Å². The lowest BCUT2D eigenvalue weighted by molar-refractivity contribution is 0.317. The summed E-state index contributed by atoms with van der Waals surface area (Å²) in [5, 5.41) is 13.1. The van der Waals surface area contributed by atoms with E-state index in [-0.39, 0.29) is 5.92 Å². The van der Waals surface area contributed by atoms with Gasteiger partial charge in [0.2, 0.25) is 0 Å². The summed E-state index contributed by atoms with van der Waals surface area (Å²) in [6.45, 7) is 3.92. The Morgan fingerprint density at radius 3 is 2.44 bits per heavy atom. The van der Waals surface area contributed by atoms with E-state index in [4.69, 9.17) is 0 Å². The van der Waals surface area contributed by atoms with Crippen molar-refractivity contribution >= 4 is 11.4 Å². The molecule has 4 heteroatoms. The zero-order valence-electron chi connectivity index (χ0n) is 16.2. The van der Waals surface area contributed by atoms with E-state index >= 15 is 0 Å². The summed E-state index contributed by atoms with van der Waals surface area (Å²) in [6, 6.07) is 18.7. The first-order valence-electron chi connectivity index (χ1n) is 8.98. The molecule has 1 atom stereocenters. The second-order valence-corrected chi connectivity index (χ2v) is 6.99. The van der Waals surface area contributed by atoms with Crippen molar-refractivity contribution in [1.29, 1.82) is 0 Å². The van der Waals surface area contributed by atoms with Crippen LogP contribution in [-0.2, 0) is 0 Å². The third kappa shape index (κ3) is 4.00. The van der Waals surface area contributed by atoms with Crippen molar-refractivity contribution in [2.45, 2.75) is 19.8 Å². The van der Waals surface area contributed by atoms with Crippen LogP contribution in [0.3, 0.4) is 0 Å². The summed E-state index contributed by atoms with van der Waals surface area (Å²) < 4.78 is 0. The number of nitrogens with zero attached hydrogens (tertiary/aromatic N) is 3. The van der Waals surface area contributed by atoms with Crippen molar-refractivity contribution in [2.24, 2.45) is 5.16 Å². The van der Waals surface area contributed by atoms with Gasteiger partial charge in [0, 0.05) is 37.7 Å². The number of aromatic nitrogens is 1. The standard InChI is InChI=1S/C23H25N3O/c1-16-6-5-7-19(14-16)23(17(2)25-27)21-12-13-24-15-22(21)18-8-10-20(11-9-18)26(3)4/h5-15,23,27H,1-4H3. The number of hydrogen-bond donors (Lipinski definition) is 1. The van der Waals surface area contributed by atoms with E-state index in [2.05, 4.69) is 64.4 Å². The summed E-state index contributed by atoms with van der Waals surface area (Å²) in [7, 11) is 4.05. The third-order valence-electron chi connectivity index (χ3n) is 4.81. The van der Waals surface area contributed by atoms with Gasteiger partial charge in [-0.25, -0.2) is 0 Å². The van der Waals surface area contributed by atoms with Gasteiger partial charge in [-0.15, -0.1) is 0 Å². The molecule has 4 nitrogen and oxygen atoms in total. The topological polar surface area (TPSA) is 48.7 Å². The van der Waals surface area contributed by atoms with Gasteiger partial charge in [-0.05, 0) is 48.7 Å². The molecule has 1 heterocycles. The van der Waals surface area contributed by atoms with Crippen molar-refractivity contribution < 1.29 is 5.21 Å². The Kier molecular flexibility index (Phi) is 5.55. The summed E-state index contributed by atoms with van der Waals surface area (Å²) in [5.41, 5.74) is 7.27. The highest BCUT2D eigenvalue weighted by Gasteiger charge is 2.22. The van der Waals surface area contributed by atoms with E-state index in [0.717, 1.165) is 27.9 Å². The number of benzene rings is 2. The van der Waals surface area contributed by atoms with Gasteiger partial charge in [0.1, 0.15) is 0 Å². The average Bonchev–Trinajstić information content (AvgIpc) is 2.68. The predicted molar refractivity (Wildman–Crippen MR) is 112 cm³/mol. The van der Waals surface area contributed by atoms with E-state index in [1.807, 2.05) is 39.3 Å². The lowest BCUT2D eigenvalue weighted by Gasteiger charge is -2.21. The van der Waals surface area contributed by atoms with Gasteiger partial charge >= 0.3 is 0 Å². The van der Waals surface area contributed by atoms with Gasteiger partial charge in [-0.2, -0.15) is 0 Å². The highest BCUT2D eigenvalue weighted by Crippen LogP contribution is 2.34. The minimum atomic E-state index is -0.138. The quantitative estimate of drug-likeness (QED) is 0.391. The average molecular weight is 359 g/mol. The van der Waals surface area contributed by atoms with Crippen molar-refractivity contribution in [3.8, 4) is 11.1 Å². The van der Waals surface area contributed by atoms with E-state index in [1.54, 1.807) is 6.20 Å². The Morgan fingerprint density at radius 2 is 1.81 bits per heavy atom. The van der Waals surface area contributed by atoms with E-state index < -0.39 is 0 Å². The molecule has 0 bridgehead atoms. The monoisotopic (exact) mass is 359 g/mol. The second kappa shape index (κ2) is 8.04. The molecular weight excluding hydrogens is 334 g/mol. The van der Waals surface area contributed by atoms with Crippen LogP contribution in [0.4, 0.5) is 5.69 Å². The molecule has 1 unspecified atom stereocenters. The van der Waals surface area contributed by atoms with E-state index in [9.17, 15) is 5.21 Å². The molecule has 0 aliphatic rings. The molecule has 0 radical (unpaired) electrons. The largest absolute Gasteiger partial charge is 0.411 e. The number of rotatable bonds is 5. The zero-order chi connectivity index (χ0) is 19.4. The van der Waals surface area contributed by atoms with Crippen LogP contribution in [0.1, 0.15) is 29.5 Å². The molecule has 0 aliphatic heterocycles. The van der Waals surface area contributed by atoms with Gasteiger partial charge in [0.25, 0.3) is 0 Å². The third-order valence-corrected chi connectivity index (χ3v) is 4.81. The minimum absolute atomic E-state index is 0.138. The summed E-state index contributed by atoms with van der Waals surface area (Å²) in [4.78, 5) is 6.42. The van der Waals surface area contributed by atoms with Crippen LogP contribution in [-0.4, -0.2) is 30.0 Å². The van der Waals surface area contributed by atoms with Crippen molar-refractivity contribution in [3.05, 3.63) is 83.7 Å². The molecule has 1 N–H and O–H groups in total. The van der Waals surface area contributed by atoms with Crippen LogP contribution >= 0.6 is 0 Å². The Hall–Kier alpha value is -3.14. The molecule has 27 heavy (non-hydrogen) atoms. The van der Waals surface area contributed by atoms with Gasteiger partial charge in [0.15, 0.2) is 0 Å². The molecule has 3 aromatic rings. The smallest absolute Gasteiger partial charge is 0.0658 e. The van der Waals surface area contributed by atoms with Crippen LogP contribution < -0.4 is 4.90 Å². The molecule has 0 saturated heterocycles. The van der Waals surface area contributed by atoms with Gasteiger partial charge in [0.05, 0.1) is 11.6 Å². The number of hydrogen-bond acceptors (Lipinski definition) is 4. The number of pyridine rings is 1. The predicted octanol–water partition coefficient (Wildman–Crippen LogP) is 5.11. The van der Waals surface area contributed by atoms with E-state index in [1.165, 1.54) is 5.56 Å². The molecule has 0 spiro atoms. The first kappa shape index (κ1) is 18.6. The number of aryl methyl sites for hydroxylation is 1. The molecular formula is C23H25N3O. The Bertz CT molecular complexity index is 946. The normalized spacial score (nSPS) is 12.7. The molecule has 0 aliphatic carbocycles. The molecule has 0 saturated carbocycles. The van der Waals surface area contributed by atoms with Crippen molar-refractivity contribution in [3.63, 3.8) is 0 Å². The fraction of sp³-hybridized carbons (Fsp3) is 0.217. The molecule has 0 fully saturated rings. The van der Waals surface area contributed by atoms with Crippen LogP contribution in [0.5, 0.6) is 0 Å². The number of anilines is 1. The number of oxime groups is 1. The SMILES string of the molecule is CC(=NO)C(c1cccc(C)c1)c1ccncc1-c1ccc(N(C)C)cc1. The summed E-state index contributed by atoms with van der Waals surface area (Å²) >= 11 is 0. The molecule has 0 amide bonds. The Labute approximate surface area is 160 Å². The van der Waals surface area contributed by atoms with Crippen LogP contribution in [0.15, 0.2) is 72.1 Å². The van der Waals surface area contributed by atoms with Gasteiger partial charge in [-0.1, -0.05) is 47.1 Å². The second-order valence-electron chi connectivity index (χ2n) is 6.99. The van der Waals surface area contributed by atoms with Crippen molar-refractivity contribution in [2.75, 3.05) is 19.0 Å². The highest BCUT2D eigenvalue weighted by atomic mass is 16.4. The molecule has 138 valence electrons. The van der Waals surface area contributed by atoms with E-state index in [0.29, 0.717) is 5.71 Å². The maximum Gasteiger partial charge on any atom is 0.0658 e. The summed E-state index contributed by atoms with van der Waals surface area (Å²) in [5.74, 6) is -0.138. The lowest BCUT2D eigenvalue weighted by Crippen LogP contribution is -2.13. The summed E-state index contributed by atoms with van der Waals surface area (Å²) in [6.07, 6.45) is 3.67. The maximum absolute atomic E-state index is 9.52. The van der Waals surface area contributed by atoms with Crippen LogP contribution in [0, 0.1) is 6.92 Å². The molecule has 2 aromatic carbocycles.